The fraction of sp³-hybridized carbons (Fsp3) is 0. The number of hydrogen-bond acceptors (Lipinski definition) is 6. The minimum Gasteiger partial charge on any atom is -0.418 e. The number of para-hydroxylation sites is 4. The van der Waals surface area contributed by atoms with Crippen molar-refractivity contribution in [3.8, 4) is 0 Å². The van der Waals surface area contributed by atoms with Crippen LogP contribution in [0.3, 0.4) is 0 Å². The third-order valence-electron chi connectivity index (χ3n) is 8.34. The molecule has 2 heterocycles. The summed E-state index contributed by atoms with van der Waals surface area (Å²) in [7, 11) is 0. The Balaban J connectivity index is 1.13. The van der Waals surface area contributed by atoms with E-state index in [1.807, 2.05) is 170 Å². The Morgan fingerprint density at radius 3 is 1.02 bits per heavy atom. The van der Waals surface area contributed by atoms with E-state index in [-0.39, 0.29) is 22.7 Å². The molecule has 0 saturated carbocycles. The van der Waals surface area contributed by atoms with E-state index >= 15 is 0 Å². The molecular formula is C42H28N2O4. The summed E-state index contributed by atoms with van der Waals surface area (Å²) in [6.07, 6.45) is 0. The van der Waals surface area contributed by atoms with E-state index < -0.39 is 11.9 Å². The van der Waals surface area contributed by atoms with Crippen LogP contribution in [0, 0.1) is 0 Å². The Morgan fingerprint density at radius 1 is 0.312 bits per heavy atom. The molecule has 0 unspecified atom stereocenters. The molecule has 0 bridgehead atoms. The van der Waals surface area contributed by atoms with Crippen molar-refractivity contribution in [2.45, 2.75) is 0 Å². The van der Waals surface area contributed by atoms with Crippen LogP contribution in [0.5, 0.6) is 0 Å². The van der Waals surface area contributed by atoms with Crippen molar-refractivity contribution in [1.29, 1.82) is 0 Å². The molecule has 0 spiro atoms. The van der Waals surface area contributed by atoms with Crippen LogP contribution in [0.25, 0.3) is 11.3 Å². The van der Waals surface area contributed by atoms with Crippen LogP contribution in [-0.4, -0.2) is 11.9 Å². The highest BCUT2D eigenvalue weighted by Crippen LogP contribution is 2.45. The Bertz CT molecular complexity index is 2100. The van der Waals surface area contributed by atoms with Crippen LogP contribution in [-0.2, 0) is 19.1 Å². The van der Waals surface area contributed by atoms with Gasteiger partial charge in [-0.25, -0.2) is 9.59 Å². The van der Waals surface area contributed by atoms with E-state index in [1.165, 1.54) is 0 Å². The first-order chi connectivity index (χ1) is 23.7. The van der Waals surface area contributed by atoms with E-state index in [2.05, 4.69) is 9.80 Å². The van der Waals surface area contributed by atoms with E-state index in [4.69, 9.17) is 9.47 Å². The topological polar surface area (TPSA) is 59.1 Å². The number of fused-ring (bicyclic) bond motifs is 1. The third-order valence-corrected chi connectivity index (χ3v) is 8.34. The molecule has 0 saturated heterocycles. The predicted octanol–water partition coefficient (Wildman–Crippen LogP) is 9.86. The van der Waals surface area contributed by atoms with E-state index in [0.717, 1.165) is 34.1 Å². The minimum absolute atomic E-state index is 0.144. The number of hydrogen-bond donors (Lipinski definition) is 0. The summed E-state index contributed by atoms with van der Waals surface area (Å²) in [4.78, 5) is 30.8. The van der Waals surface area contributed by atoms with Gasteiger partial charge >= 0.3 is 11.9 Å². The fourth-order valence-electron chi connectivity index (χ4n) is 6.15. The van der Waals surface area contributed by atoms with E-state index in [0.29, 0.717) is 11.1 Å². The van der Waals surface area contributed by atoms with Gasteiger partial charge in [-0.15, -0.1) is 0 Å². The fourth-order valence-corrected chi connectivity index (χ4v) is 6.15. The van der Waals surface area contributed by atoms with Crippen LogP contribution >= 0.6 is 0 Å². The largest absolute Gasteiger partial charge is 0.418 e. The Morgan fingerprint density at radius 2 is 0.625 bits per heavy atom. The van der Waals surface area contributed by atoms with Crippen LogP contribution in [0.4, 0.5) is 34.1 Å². The normalized spacial score (nSPS) is 13.7. The quantitative estimate of drug-likeness (QED) is 0.157. The summed E-state index contributed by atoms with van der Waals surface area (Å²) in [5.74, 6) is -0.818. The van der Waals surface area contributed by atoms with Gasteiger partial charge in [0.15, 0.2) is 11.5 Å². The molecular weight excluding hydrogens is 596 g/mol. The second kappa shape index (κ2) is 12.3. The molecule has 8 rings (SSSR count). The van der Waals surface area contributed by atoms with Gasteiger partial charge in [-0.05, 0) is 90.5 Å². The molecule has 0 radical (unpaired) electrons. The van der Waals surface area contributed by atoms with Gasteiger partial charge in [0.1, 0.15) is 5.57 Å². The molecule has 0 aromatic heterocycles. The zero-order valence-corrected chi connectivity index (χ0v) is 25.7. The van der Waals surface area contributed by atoms with Gasteiger partial charge < -0.3 is 19.3 Å². The monoisotopic (exact) mass is 624 g/mol. The molecule has 230 valence electrons. The lowest BCUT2D eigenvalue weighted by molar-refractivity contribution is -0.132. The molecule has 0 fully saturated rings. The minimum atomic E-state index is -0.612. The summed E-state index contributed by atoms with van der Waals surface area (Å²) in [6, 6.07) is 55.5. The van der Waals surface area contributed by atoms with Crippen molar-refractivity contribution >= 4 is 57.4 Å². The molecule has 0 atom stereocenters. The second-order valence-corrected chi connectivity index (χ2v) is 11.3. The SMILES string of the molecule is O=C1OC(c2ccc(N(c3ccccc3)c3ccccc3)cc2)=C2OC(=O)C(c3ccc(N(c4ccccc4)c4ccccc4)cc3)=C12. The maximum Gasteiger partial charge on any atom is 0.348 e. The molecule has 6 heteroatoms. The van der Waals surface area contributed by atoms with Gasteiger partial charge in [0.05, 0.1) is 5.57 Å². The van der Waals surface area contributed by atoms with Crippen molar-refractivity contribution < 1.29 is 19.1 Å². The highest BCUT2D eigenvalue weighted by molar-refractivity contribution is 6.30. The maximum atomic E-state index is 13.3. The summed E-state index contributed by atoms with van der Waals surface area (Å²) >= 11 is 0. The Hall–Kier alpha value is -6.66. The lowest BCUT2D eigenvalue weighted by Crippen LogP contribution is -2.10. The number of esters is 2. The number of carbonyl (C=O) groups excluding carboxylic acids is 2. The van der Waals surface area contributed by atoms with Crippen molar-refractivity contribution in [2.75, 3.05) is 9.80 Å². The number of ether oxygens (including phenoxy) is 2. The smallest absolute Gasteiger partial charge is 0.348 e. The average molecular weight is 625 g/mol. The van der Waals surface area contributed by atoms with Gasteiger partial charge in [0.2, 0.25) is 0 Å². The average Bonchev–Trinajstić information content (AvgIpc) is 3.65. The number of rotatable bonds is 8. The molecule has 0 N–H and O–H groups in total. The molecule has 2 aliphatic heterocycles. The van der Waals surface area contributed by atoms with E-state index in [9.17, 15) is 9.59 Å². The van der Waals surface area contributed by atoms with Gasteiger partial charge in [-0.1, -0.05) is 84.9 Å². The zero-order chi connectivity index (χ0) is 32.5. The lowest BCUT2D eigenvalue weighted by atomic mass is 10.00. The Kier molecular flexibility index (Phi) is 7.36. The van der Waals surface area contributed by atoms with Crippen LogP contribution < -0.4 is 9.80 Å². The van der Waals surface area contributed by atoms with Crippen molar-refractivity contribution in [2.24, 2.45) is 0 Å². The number of benzene rings is 6. The molecule has 6 nitrogen and oxygen atoms in total. The molecule has 2 aliphatic rings. The van der Waals surface area contributed by atoms with Crippen LogP contribution in [0.15, 0.2) is 181 Å². The number of carbonyl (C=O) groups is 2. The molecule has 0 aliphatic carbocycles. The summed E-state index contributed by atoms with van der Waals surface area (Å²) in [5.41, 5.74) is 7.37. The van der Waals surface area contributed by atoms with Gasteiger partial charge in [0.25, 0.3) is 0 Å². The van der Waals surface area contributed by atoms with Crippen molar-refractivity contribution in [1.82, 2.24) is 0 Å². The number of anilines is 6. The predicted molar refractivity (Wildman–Crippen MR) is 188 cm³/mol. The standard InChI is InChI=1S/C42H28N2O4/c45-41-37(29-21-25-35(26-22-29)43(31-13-5-1-6-14-31)32-15-7-2-8-16-32)38-40(48-41)39(47-42(38)46)30-23-27-36(28-24-30)44(33-17-9-3-10-18-33)34-19-11-4-12-20-34/h1-28H. The van der Waals surface area contributed by atoms with Crippen LogP contribution in [0.2, 0.25) is 0 Å². The lowest BCUT2D eigenvalue weighted by Gasteiger charge is -2.25. The van der Waals surface area contributed by atoms with Crippen LogP contribution in [0.1, 0.15) is 11.1 Å². The number of cyclic esters (lactones) is 1. The first-order valence-electron chi connectivity index (χ1n) is 15.6. The van der Waals surface area contributed by atoms with Gasteiger partial charge in [0, 0.05) is 39.7 Å². The Labute approximate surface area is 278 Å². The third kappa shape index (κ3) is 5.21. The first kappa shape index (κ1) is 28.8. The highest BCUT2D eigenvalue weighted by Gasteiger charge is 2.44. The molecule has 6 aromatic carbocycles. The summed E-state index contributed by atoms with van der Waals surface area (Å²) in [6.45, 7) is 0. The first-order valence-corrected chi connectivity index (χ1v) is 15.6. The summed E-state index contributed by atoms with van der Waals surface area (Å²) < 4.78 is 11.5. The maximum absolute atomic E-state index is 13.3. The highest BCUT2D eigenvalue weighted by atomic mass is 16.6. The second-order valence-electron chi connectivity index (χ2n) is 11.3. The molecule has 6 aromatic rings. The number of nitrogens with zero attached hydrogens (tertiary/aromatic N) is 2. The zero-order valence-electron chi connectivity index (χ0n) is 25.7. The van der Waals surface area contributed by atoms with Gasteiger partial charge in [-0.2, -0.15) is 0 Å². The molecule has 48 heavy (non-hydrogen) atoms. The van der Waals surface area contributed by atoms with Crippen molar-refractivity contribution in [3.63, 3.8) is 0 Å². The summed E-state index contributed by atoms with van der Waals surface area (Å²) in [5, 5.41) is 0. The van der Waals surface area contributed by atoms with Crippen molar-refractivity contribution in [3.05, 3.63) is 192 Å². The van der Waals surface area contributed by atoms with E-state index in [1.54, 1.807) is 0 Å². The molecule has 0 amide bonds. The van der Waals surface area contributed by atoms with Gasteiger partial charge in [-0.3, -0.25) is 0 Å².